The molecule has 0 heterocycles. The molecule has 1 saturated carbocycles. The maximum absolute atomic E-state index is 13.7. The number of hydrogen-bond donors (Lipinski definition) is 4. The summed E-state index contributed by atoms with van der Waals surface area (Å²) in [4.78, 5) is 21.6. The lowest BCUT2D eigenvalue weighted by molar-refractivity contribution is -0.361. The van der Waals surface area contributed by atoms with E-state index in [2.05, 4.69) is 0 Å². The van der Waals surface area contributed by atoms with Gasteiger partial charge in [0.2, 0.25) is 0 Å². The van der Waals surface area contributed by atoms with Gasteiger partial charge in [0, 0.05) is 18.5 Å². The molecular weight excluding hydrogens is 512 g/mol. The van der Waals surface area contributed by atoms with Gasteiger partial charge < -0.3 is 20.8 Å². The fourth-order valence-corrected chi connectivity index (χ4v) is 4.88. The third-order valence-corrected chi connectivity index (χ3v) is 5.77. The van der Waals surface area contributed by atoms with E-state index in [-0.39, 0.29) is 0 Å². The molecule has 4 N–H and O–H groups in total. The predicted octanol–water partition coefficient (Wildman–Crippen LogP) is 5.41. The van der Waals surface area contributed by atoms with E-state index < -0.39 is 98.3 Å². The Morgan fingerprint density at radius 3 is 1.59 bits per heavy atom. The van der Waals surface area contributed by atoms with E-state index in [1.165, 1.54) is 5.32 Å². The van der Waals surface area contributed by atoms with Crippen molar-refractivity contribution in [3.8, 4) is 0 Å². The van der Waals surface area contributed by atoms with E-state index in [4.69, 9.17) is 10.2 Å². The first-order chi connectivity index (χ1) is 15.0. The van der Waals surface area contributed by atoms with Crippen molar-refractivity contribution >= 4 is 12.2 Å². The van der Waals surface area contributed by atoms with Gasteiger partial charge in [-0.05, 0) is 24.7 Å². The monoisotopic (exact) mass is 530 g/mol. The van der Waals surface area contributed by atoms with Crippen molar-refractivity contribution in [2.45, 2.75) is 44.0 Å². The SMILES string of the molecule is O=C(O)NCC1CCCC(CNC(=O)O)(C(C(F)(F)F)C(F)(F)F)C1C(C(F)(F)F)C(F)(F)F. The first-order valence-corrected chi connectivity index (χ1v) is 9.25. The lowest BCUT2D eigenvalue weighted by Gasteiger charge is -2.55. The number of amides is 2. The molecule has 1 aliphatic carbocycles. The third kappa shape index (κ3) is 6.86. The van der Waals surface area contributed by atoms with Crippen LogP contribution in [0.1, 0.15) is 19.3 Å². The van der Waals surface area contributed by atoms with Gasteiger partial charge in [-0.25, -0.2) is 9.59 Å². The van der Waals surface area contributed by atoms with Gasteiger partial charge in [0.1, 0.15) is 0 Å². The summed E-state index contributed by atoms with van der Waals surface area (Å²) in [6.07, 6.45) is -33.0. The van der Waals surface area contributed by atoms with Crippen LogP contribution in [0.3, 0.4) is 0 Å². The van der Waals surface area contributed by atoms with E-state index >= 15 is 0 Å². The minimum absolute atomic E-state index is 0.769. The maximum Gasteiger partial charge on any atom is 0.404 e. The Balaban J connectivity index is 4.02. The molecule has 0 spiro atoms. The molecule has 200 valence electrons. The van der Waals surface area contributed by atoms with Gasteiger partial charge in [-0.15, -0.1) is 0 Å². The molecular formula is C16H18F12N2O4. The Hall–Kier alpha value is -2.30. The van der Waals surface area contributed by atoms with Crippen LogP contribution >= 0.6 is 0 Å². The number of rotatable bonds is 6. The highest BCUT2D eigenvalue weighted by Crippen LogP contribution is 2.64. The number of carboxylic acid groups (broad SMARTS) is 2. The third-order valence-electron chi connectivity index (χ3n) is 5.77. The van der Waals surface area contributed by atoms with Crippen molar-refractivity contribution in [1.29, 1.82) is 0 Å². The topological polar surface area (TPSA) is 98.7 Å². The highest BCUT2D eigenvalue weighted by Gasteiger charge is 2.74. The Labute approximate surface area is 182 Å². The molecule has 0 saturated heterocycles. The van der Waals surface area contributed by atoms with Crippen molar-refractivity contribution in [3.63, 3.8) is 0 Å². The molecule has 0 bridgehead atoms. The standard InChI is InChI=1S/C16H18F12N2O4/c17-13(18,19)8(14(20,21)22)7-6(4-29-10(31)32)2-1-3-12(7,5-30-11(33)34)9(15(23,24)25)16(26,27)28/h6-9,29-30H,1-5H2,(H,31,32)(H,33,34). The van der Waals surface area contributed by atoms with Crippen LogP contribution in [0.25, 0.3) is 0 Å². The Morgan fingerprint density at radius 2 is 1.24 bits per heavy atom. The number of nitrogens with one attached hydrogen (secondary N) is 2. The van der Waals surface area contributed by atoms with Gasteiger partial charge in [0.25, 0.3) is 0 Å². The average Bonchev–Trinajstić information content (AvgIpc) is 2.55. The largest absolute Gasteiger partial charge is 0.465 e. The molecule has 3 atom stereocenters. The zero-order valence-corrected chi connectivity index (χ0v) is 16.6. The van der Waals surface area contributed by atoms with Crippen LogP contribution in [-0.2, 0) is 0 Å². The zero-order chi connectivity index (χ0) is 26.9. The Bertz CT molecular complexity index is 705. The van der Waals surface area contributed by atoms with Crippen molar-refractivity contribution in [2.24, 2.45) is 29.1 Å². The van der Waals surface area contributed by atoms with E-state index in [0.29, 0.717) is 0 Å². The molecule has 34 heavy (non-hydrogen) atoms. The second kappa shape index (κ2) is 9.75. The number of hydrogen-bond acceptors (Lipinski definition) is 2. The molecule has 3 unspecified atom stereocenters. The predicted molar refractivity (Wildman–Crippen MR) is 86.5 cm³/mol. The smallest absolute Gasteiger partial charge is 0.404 e. The molecule has 0 radical (unpaired) electrons. The summed E-state index contributed by atoms with van der Waals surface area (Å²) in [5.74, 6) is -15.4. The number of halogens is 12. The molecule has 0 aromatic carbocycles. The highest BCUT2D eigenvalue weighted by atomic mass is 19.4. The van der Waals surface area contributed by atoms with Crippen LogP contribution in [-0.4, -0.2) is 60.2 Å². The first-order valence-electron chi connectivity index (χ1n) is 9.25. The minimum Gasteiger partial charge on any atom is -0.465 e. The van der Waals surface area contributed by atoms with Crippen LogP contribution in [0.4, 0.5) is 62.3 Å². The van der Waals surface area contributed by atoms with Crippen LogP contribution < -0.4 is 10.6 Å². The fraction of sp³-hybridized carbons (Fsp3) is 0.875. The summed E-state index contributed by atoms with van der Waals surface area (Å²) in [5, 5.41) is 19.9. The second-order valence-corrected chi connectivity index (χ2v) is 7.83. The molecule has 0 aromatic heterocycles. The minimum atomic E-state index is -6.43. The van der Waals surface area contributed by atoms with Crippen molar-refractivity contribution in [1.82, 2.24) is 10.6 Å². The molecule has 1 rings (SSSR count). The lowest BCUT2D eigenvalue weighted by Crippen LogP contribution is -2.64. The van der Waals surface area contributed by atoms with Gasteiger partial charge >= 0.3 is 36.9 Å². The summed E-state index contributed by atoms with van der Waals surface area (Å²) < 4.78 is 164. The summed E-state index contributed by atoms with van der Waals surface area (Å²) in [6, 6.07) is 0. The quantitative estimate of drug-likeness (QED) is 0.346. The summed E-state index contributed by atoms with van der Waals surface area (Å²) in [5.41, 5.74) is -4.01. The fourth-order valence-electron chi connectivity index (χ4n) is 4.88. The van der Waals surface area contributed by atoms with E-state index in [1.54, 1.807) is 0 Å². The van der Waals surface area contributed by atoms with Crippen LogP contribution in [0.2, 0.25) is 0 Å². The number of alkyl halides is 12. The molecule has 1 fully saturated rings. The van der Waals surface area contributed by atoms with Crippen LogP contribution in [0, 0.1) is 29.1 Å². The van der Waals surface area contributed by atoms with Gasteiger partial charge in [0.15, 0.2) is 11.8 Å². The van der Waals surface area contributed by atoms with E-state index in [1.807, 2.05) is 0 Å². The Morgan fingerprint density at radius 1 is 0.794 bits per heavy atom. The maximum atomic E-state index is 13.7. The Kier molecular flexibility index (Phi) is 8.53. The van der Waals surface area contributed by atoms with Crippen molar-refractivity contribution < 1.29 is 72.5 Å². The summed E-state index contributed by atoms with van der Waals surface area (Å²) in [7, 11) is 0. The van der Waals surface area contributed by atoms with Crippen LogP contribution in [0.15, 0.2) is 0 Å². The van der Waals surface area contributed by atoms with Crippen molar-refractivity contribution in [3.05, 3.63) is 0 Å². The van der Waals surface area contributed by atoms with Crippen LogP contribution in [0.5, 0.6) is 0 Å². The second-order valence-electron chi connectivity index (χ2n) is 7.83. The lowest BCUT2D eigenvalue weighted by atomic mass is 9.52. The van der Waals surface area contributed by atoms with Gasteiger partial charge in [-0.2, -0.15) is 52.7 Å². The van der Waals surface area contributed by atoms with Crippen molar-refractivity contribution in [2.75, 3.05) is 13.1 Å². The molecule has 6 nitrogen and oxygen atoms in total. The summed E-state index contributed by atoms with van der Waals surface area (Å²) >= 11 is 0. The van der Waals surface area contributed by atoms with Gasteiger partial charge in [-0.3, -0.25) is 0 Å². The zero-order valence-electron chi connectivity index (χ0n) is 16.6. The first kappa shape index (κ1) is 29.7. The summed E-state index contributed by atoms with van der Waals surface area (Å²) in [6.45, 7) is -3.39. The highest BCUT2D eigenvalue weighted by molar-refractivity contribution is 5.64. The number of carbonyl (C=O) groups is 2. The average molecular weight is 530 g/mol. The molecule has 0 aliphatic heterocycles. The van der Waals surface area contributed by atoms with Gasteiger partial charge in [-0.1, -0.05) is 6.42 Å². The molecule has 2 amide bonds. The van der Waals surface area contributed by atoms with E-state index in [0.717, 1.165) is 5.32 Å². The molecule has 0 aromatic rings. The molecule has 1 aliphatic rings. The normalized spacial score (nSPS) is 24.9. The molecule has 18 heteroatoms. The van der Waals surface area contributed by atoms with E-state index in [9.17, 15) is 62.3 Å². The van der Waals surface area contributed by atoms with Gasteiger partial charge in [0.05, 0.1) is 0 Å².